The van der Waals surface area contributed by atoms with Gasteiger partial charge in [0.25, 0.3) is 0 Å². The average molecular weight is 419 g/mol. The zero-order chi connectivity index (χ0) is 22.4. The molecule has 0 spiro atoms. The Balaban J connectivity index is 1.80. The Labute approximate surface area is 189 Å². The van der Waals surface area contributed by atoms with Gasteiger partial charge in [-0.2, -0.15) is 0 Å². The fourth-order valence-electron chi connectivity index (χ4n) is 5.37. The van der Waals surface area contributed by atoms with Crippen LogP contribution in [0.3, 0.4) is 0 Å². The second-order valence-corrected chi connectivity index (χ2v) is 10.2. The molecule has 0 atom stereocenters. The van der Waals surface area contributed by atoms with Crippen molar-refractivity contribution >= 4 is 32.3 Å². The number of hydrogen-bond acceptors (Lipinski definition) is 1. The molecule has 0 aliphatic carbocycles. The molecule has 32 heavy (non-hydrogen) atoms. The van der Waals surface area contributed by atoms with Crippen molar-refractivity contribution in [2.75, 3.05) is 0 Å². The van der Waals surface area contributed by atoms with Crippen molar-refractivity contribution < 1.29 is 9.30 Å². The van der Waals surface area contributed by atoms with Crippen molar-refractivity contribution in [3.8, 4) is 22.8 Å². The molecule has 6 rings (SSSR count). The fourth-order valence-corrected chi connectivity index (χ4v) is 5.37. The summed E-state index contributed by atoms with van der Waals surface area (Å²) in [6, 6.07) is 20.0. The van der Waals surface area contributed by atoms with E-state index in [0.29, 0.717) is 0 Å². The first-order valence-electron chi connectivity index (χ1n) is 11.4. The zero-order valence-electron chi connectivity index (χ0n) is 19.6. The molecule has 1 aliphatic rings. The van der Waals surface area contributed by atoms with E-state index in [1.54, 1.807) is 0 Å². The molecular formula is C30H28NO+. The maximum Gasteiger partial charge on any atom is 0.228 e. The van der Waals surface area contributed by atoms with Crippen molar-refractivity contribution in [1.82, 2.24) is 0 Å². The third kappa shape index (κ3) is 2.50. The van der Waals surface area contributed by atoms with E-state index in [0.717, 1.165) is 11.5 Å². The summed E-state index contributed by atoms with van der Waals surface area (Å²) in [5, 5.41) is 7.53. The van der Waals surface area contributed by atoms with E-state index in [1.807, 2.05) is 0 Å². The van der Waals surface area contributed by atoms with E-state index in [2.05, 4.69) is 107 Å². The van der Waals surface area contributed by atoms with Gasteiger partial charge < -0.3 is 4.74 Å². The Morgan fingerprint density at radius 3 is 2.22 bits per heavy atom. The number of fused-ring (bicyclic) bond motifs is 5. The van der Waals surface area contributed by atoms with Gasteiger partial charge in [-0.3, -0.25) is 0 Å². The lowest BCUT2D eigenvalue weighted by molar-refractivity contribution is -0.659. The largest absolute Gasteiger partial charge is 0.455 e. The SMILES string of the molecule is Cc1c2c(c(C)c3ccccc13)-c1c3c(cc4ccc(C(C)(C)C)cc4c3cc[n+]1C)O2. The van der Waals surface area contributed by atoms with Crippen LogP contribution in [0.15, 0.2) is 60.8 Å². The van der Waals surface area contributed by atoms with E-state index in [4.69, 9.17) is 4.74 Å². The molecule has 1 aromatic heterocycles. The topological polar surface area (TPSA) is 13.1 Å². The molecule has 0 fully saturated rings. The van der Waals surface area contributed by atoms with Gasteiger partial charge in [0.15, 0.2) is 6.20 Å². The highest BCUT2D eigenvalue weighted by Gasteiger charge is 2.32. The van der Waals surface area contributed by atoms with E-state index >= 15 is 0 Å². The van der Waals surface area contributed by atoms with Crippen LogP contribution in [0.4, 0.5) is 0 Å². The Kier molecular flexibility index (Phi) is 3.81. The zero-order valence-corrected chi connectivity index (χ0v) is 19.6. The highest BCUT2D eigenvalue weighted by molar-refractivity contribution is 6.16. The molecule has 0 N–H and O–H groups in total. The molecule has 1 aliphatic heterocycles. The van der Waals surface area contributed by atoms with Crippen LogP contribution in [-0.2, 0) is 12.5 Å². The van der Waals surface area contributed by atoms with Crippen LogP contribution >= 0.6 is 0 Å². The molecule has 2 nitrogen and oxygen atoms in total. The second-order valence-electron chi connectivity index (χ2n) is 10.2. The number of ether oxygens (including phenoxy) is 1. The summed E-state index contributed by atoms with van der Waals surface area (Å²) in [6.07, 6.45) is 2.20. The average Bonchev–Trinajstić information content (AvgIpc) is 2.77. The van der Waals surface area contributed by atoms with E-state index in [-0.39, 0.29) is 5.41 Å². The number of benzene rings is 4. The Morgan fingerprint density at radius 2 is 1.50 bits per heavy atom. The molecule has 0 bridgehead atoms. The number of hydrogen-bond donors (Lipinski definition) is 0. The summed E-state index contributed by atoms with van der Waals surface area (Å²) in [5.41, 5.74) is 6.39. The quantitative estimate of drug-likeness (QED) is 0.182. The van der Waals surface area contributed by atoms with Crippen molar-refractivity contribution in [3.05, 3.63) is 77.5 Å². The monoisotopic (exact) mass is 418 g/mol. The van der Waals surface area contributed by atoms with Gasteiger partial charge in [-0.15, -0.1) is 0 Å². The highest BCUT2D eigenvalue weighted by atomic mass is 16.5. The molecule has 0 saturated heterocycles. The Morgan fingerprint density at radius 1 is 0.781 bits per heavy atom. The van der Waals surface area contributed by atoms with Gasteiger partial charge in [0.2, 0.25) is 5.69 Å². The first kappa shape index (κ1) is 19.3. The van der Waals surface area contributed by atoms with Crippen LogP contribution in [0.25, 0.3) is 43.6 Å². The van der Waals surface area contributed by atoms with Crippen molar-refractivity contribution in [3.63, 3.8) is 0 Å². The van der Waals surface area contributed by atoms with Crippen LogP contribution in [0, 0.1) is 13.8 Å². The standard InChI is InChI=1S/C30H28NO/c1-17-21-9-7-8-10-22(21)18(2)29-26(17)28-27-23(13-14-31(28)6)24-16-20(30(3,4)5)12-11-19(24)15-25(27)32-29/h7-16H,1-6H3/q+1. The number of rotatable bonds is 0. The predicted molar refractivity (Wildman–Crippen MR) is 134 cm³/mol. The summed E-state index contributed by atoms with van der Waals surface area (Å²) in [7, 11) is 2.15. The maximum atomic E-state index is 6.72. The normalized spacial score (nSPS) is 12.9. The minimum atomic E-state index is 0.105. The lowest BCUT2D eigenvalue weighted by atomic mass is 9.84. The Hall–Kier alpha value is -3.39. The van der Waals surface area contributed by atoms with Crippen LogP contribution in [0.2, 0.25) is 0 Å². The van der Waals surface area contributed by atoms with Gasteiger partial charge >= 0.3 is 0 Å². The maximum absolute atomic E-state index is 6.72. The van der Waals surface area contributed by atoms with Gasteiger partial charge in [-0.1, -0.05) is 57.2 Å². The summed E-state index contributed by atoms with van der Waals surface area (Å²) >= 11 is 0. The molecule has 0 saturated carbocycles. The fraction of sp³-hybridized carbons (Fsp3) is 0.233. The van der Waals surface area contributed by atoms with E-state index in [9.17, 15) is 0 Å². The second kappa shape index (κ2) is 6.32. The lowest BCUT2D eigenvalue weighted by Crippen LogP contribution is -2.32. The van der Waals surface area contributed by atoms with Gasteiger partial charge in [0.05, 0.1) is 10.9 Å². The first-order valence-corrected chi connectivity index (χ1v) is 11.4. The first-order chi connectivity index (χ1) is 15.3. The van der Waals surface area contributed by atoms with Crippen LogP contribution in [-0.4, -0.2) is 0 Å². The van der Waals surface area contributed by atoms with Gasteiger partial charge in [0, 0.05) is 17.0 Å². The van der Waals surface area contributed by atoms with Crippen molar-refractivity contribution in [2.45, 2.75) is 40.0 Å². The lowest BCUT2D eigenvalue weighted by Gasteiger charge is -2.25. The third-order valence-corrected chi connectivity index (χ3v) is 7.19. The van der Waals surface area contributed by atoms with E-state index < -0.39 is 0 Å². The summed E-state index contributed by atoms with van der Waals surface area (Å²) in [4.78, 5) is 0. The molecule has 5 aromatic rings. The molecule has 4 aromatic carbocycles. The van der Waals surface area contributed by atoms with Crippen molar-refractivity contribution in [2.24, 2.45) is 7.05 Å². The number of aryl methyl sites for hydroxylation is 3. The molecule has 158 valence electrons. The molecule has 2 heterocycles. The van der Waals surface area contributed by atoms with Crippen LogP contribution in [0.1, 0.15) is 37.5 Å². The molecule has 0 radical (unpaired) electrons. The molecule has 0 unspecified atom stereocenters. The number of pyridine rings is 1. The molecule has 0 amide bonds. The summed E-state index contributed by atoms with van der Waals surface area (Å²) in [6.45, 7) is 11.2. The molecular weight excluding hydrogens is 390 g/mol. The summed E-state index contributed by atoms with van der Waals surface area (Å²) in [5.74, 6) is 1.94. The van der Waals surface area contributed by atoms with Crippen molar-refractivity contribution in [1.29, 1.82) is 0 Å². The van der Waals surface area contributed by atoms with Gasteiger partial charge in [-0.05, 0) is 64.1 Å². The van der Waals surface area contributed by atoms with Crippen LogP contribution < -0.4 is 9.30 Å². The highest BCUT2D eigenvalue weighted by Crippen LogP contribution is 2.51. The van der Waals surface area contributed by atoms with Gasteiger partial charge in [-0.25, -0.2) is 4.57 Å². The minimum Gasteiger partial charge on any atom is -0.455 e. The molecule has 2 heteroatoms. The predicted octanol–water partition coefficient (Wildman–Crippen LogP) is 7.66. The minimum absolute atomic E-state index is 0.105. The van der Waals surface area contributed by atoms with Gasteiger partial charge in [0.1, 0.15) is 18.5 Å². The van der Waals surface area contributed by atoms with E-state index in [1.165, 1.54) is 60.3 Å². The number of nitrogens with zero attached hydrogens (tertiary/aromatic N) is 1. The summed E-state index contributed by atoms with van der Waals surface area (Å²) < 4.78 is 8.97. The number of aromatic nitrogens is 1. The van der Waals surface area contributed by atoms with Crippen LogP contribution in [0.5, 0.6) is 11.5 Å². The third-order valence-electron chi connectivity index (χ3n) is 7.19. The smallest absolute Gasteiger partial charge is 0.228 e. The Bertz CT molecular complexity index is 1600.